The number of benzene rings is 2. The maximum Gasteiger partial charge on any atom is 0.405 e. The third-order valence-electron chi connectivity index (χ3n) is 6.72. The Bertz CT molecular complexity index is 1300. The van der Waals surface area contributed by atoms with Gasteiger partial charge >= 0.3 is 6.18 Å². The lowest BCUT2D eigenvalue weighted by Crippen LogP contribution is -2.43. The lowest BCUT2D eigenvalue weighted by molar-refractivity contribution is -0.123. The standard InChI is InChI=1S/C27H33F3N6O3/c1-17(2)20-13-21(22(37)14-23(20)39-4)24-32-33-25(26(38)31-16-27(28,29)30)36(24)19-7-5-18(6-8-19)15-35-11-9-34(3)10-12-35/h5-8,13-14,17,37H,9-12,15-16H2,1-4H3,(H,31,38). The summed E-state index contributed by atoms with van der Waals surface area (Å²) in [5.74, 6) is -0.917. The van der Waals surface area contributed by atoms with Gasteiger partial charge in [-0.1, -0.05) is 26.0 Å². The zero-order valence-electron chi connectivity index (χ0n) is 22.4. The van der Waals surface area contributed by atoms with Crippen LogP contribution in [0.4, 0.5) is 13.2 Å². The number of amides is 1. The van der Waals surface area contributed by atoms with Gasteiger partial charge in [-0.25, -0.2) is 0 Å². The zero-order valence-corrected chi connectivity index (χ0v) is 22.4. The number of methoxy groups -OCH3 is 1. The number of hydrogen-bond donors (Lipinski definition) is 2. The van der Waals surface area contributed by atoms with Crippen LogP contribution >= 0.6 is 0 Å². The molecular formula is C27H33F3N6O3. The van der Waals surface area contributed by atoms with Crippen molar-refractivity contribution in [3.63, 3.8) is 0 Å². The molecule has 0 spiro atoms. The lowest BCUT2D eigenvalue weighted by atomic mass is 9.98. The number of rotatable bonds is 8. The molecule has 39 heavy (non-hydrogen) atoms. The molecule has 9 nitrogen and oxygen atoms in total. The Hall–Kier alpha value is -3.64. The van der Waals surface area contributed by atoms with Gasteiger partial charge in [-0.2, -0.15) is 13.2 Å². The number of nitrogens with one attached hydrogen (secondary N) is 1. The molecule has 3 aromatic rings. The molecule has 0 radical (unpaired) electrons. The van der Waals surface area contributed by atoms with Crippen LogP contribution in [0.5, 0.6) is 11.5 Å². The Morgan fingerprint density at radius 1 is 1.10 bits per heavy atom. The topological polar surface area (TPSA) is 95.8 Å². The van der Waals surface area contributed by atoms with Crippen molar-refractivity contribution in [1.29, 1.82) is 0 Å². The average Bonchev–Trinajstić information content (AvgIpc) is 3.33. The van der Waals surface area contributed by atoms with Gasteiger partial charge in [0, 0.05) is 44.5 Å². The molecule has 0 saturated carbocycles. The fourth-order valence-electron chi connectivity index (χ4n) is 4.52. The molecule has 210 valence electrons. The molecule has 2 heterocycles. The molecule has 0 bridgehead atoms. The van der Waals surface area contributed by atoms with Crippen molar-refractivity contribution >= 4 is 5.91 Å². The average molecular weight is 547 g/mol. The minimum absolute atomic E-state index is 0.0269. The second-order valence-electron chi connectivity index (χ2n) is 9.99. The number of aromatic hydroxyl groups is 1. The quantitative estimate of drug-likeness (QED) is 0.444. The van der Waals surface area contributed by atoms with Gasteiger partial charge in [0.2, 0.25) is 5.82 Å². The first-order valence-corrected chi connectivity index (χ1v) is 12.7. The van der Waals surface area contributed by atoms with E-state index < -0.39 is 18.6 Å². The number of carbonyl (C=O) groups is 1. The van der Waals surface area contributed by atoms with Crippen LogP contribution in [0.25, 0.3) is 17.1 Å². The molecule has 0 aliphatic carbocycles. The number of nitrogens with zero attached hydrogens (tertiary/aromatic N) is 5. The van der Waals surface area contributed by atoms with E-state index in [1.54, 1.807) is 18.2 Å². The molecule has 0 atom stereocenters. The van der Waals surface area contributed by atoms with Gasteiger partial charge in [0.1, 0.15) is 18.0 Å². The molecule has 1 aromatic heterocycles. The predicted octanol–water partition coefficient (Wildman–Crippen LogP) is 3.81. The highest BCUT2D eigenvalue weighted by atomic mass is 19.4. The molecule has 1 saturated heterocycles. The van der Waals surface area contributed by atoms with Crippen molar-refractivity contribution in [3.8, 4) is 28.6 Å². The largest absolute Gasteiger partial charge is 0.507 e. The number of piperazine rings is 1. The van der Waals surface area contributed by atoms with Gasteiger partial charge in [-0.05, 0) is 42.3 Å². The summed E-state index contributed by atoms with van der Waals surface area (Å²) in [7, 11) is 3.59. The number of alkyl halides is 3. The van der Waals surface area contributed by atoms with E-state index in [9.17, 15) is 23.1 Å². The highest BCUT2D eigenvalue weighted by Crippen LogP contribution is 2.38. The summed E-state index contributed by atoms with van der Waals surface area (Å²) >= 11 is 0. The van der Waals surface area contributed by atoms with Crippen LogP contribution in [0.15, 0.2) is 36.4 Å². The number of ether oxygens (including phenoxy) is 1. The van der Waals surface area contributed by atoms with Gasteiger partial charge in [0.15, 0.2) is 5.82 Å². The normalized spacial score (nSPS) is 15.1. The van der Waals surface area contributed by atoms with Crippen molar-refractivity contribution in [2.75, 3.05) is 46.9 Å². The first kappa shape index (κ1) is 28.4. The van der Waals surface area contributed by atoms with Crippen molar-refractivity contribution in [2.45, 2.75) is 32.5 Å². The van der Waals surface area contributed by atoms with Crippen LogP contribution in [-0.4, -0.2) is 88.6 Å². The Morgan fingerprint density at radius 3 is 2.36 bits per heavy atom. The Labute approximate surface area is 225 Å². The third kappa shape index (κ3) is 6.69. The molecule has 2 N–H and O–H groups in total. The van der Waals surface area contributed by atoms with Crippen molar-refractivity contribution in [2.24, 2.45) is 0 Å². The number of likely N-dealkylation sites (N-methyl/N-ethyl adjacent to an activating group) is 1. The van der Waals surface area contributed by atoms with E-state index in [-0.39, 0.29) is 28.9 Å². The zero-order chi connectivity index (χ0) is 28.3. The van der Waals surface area contributed by atoms with Crippen molar-refractivity contribution < 1.29 is 27.8 Å². The van der Waals surface area contributed by atoms with Crippen LogP contribution in [0.1, 0.15) is 41.5 Å². The Balaban J connectivity index is 1.74. The molecule has 2 aromatic carbocycles. The summed E-state index contributed by atoms with van der Waals surface area (Å²) < 4.78 is 45.2. The number of carbonyl (C=O) groups excluding carboxylic acids is 1. The van der Waals surface area contributed by atoms with Crippen LogP contribution in [0, 0.1) is 0 Å². The van der Waals surface area contributed by atoms with Crippen LogP contribution in [-0.2, 0) is 6.54 Å². The first-order chi connectivity index (χ1) is 18.5. The molecule has 1 fully saturated rings. The van der Waals surface area contributed by atoms with Crippen LogP contribution < -0.4 is 10.1 Å². The van der Waals surface area contributed by atoms with E-state index in [4.69, 9.17) is 4.74 Å². The number of hydrogen-bond acceptors (Lipinski definition) is 7. The van der Waals surface area contributed by atoms with E-state index in [0.29, 0.717) is 11.4 Å². The molecule has 1 aliphatic heterocycles. The molecule has 0 unspecified atom stereocenters. The van der Waals surface area contributed by atoms with Gasteiger partial charge < -0.3 is 20.1 Å². The van der Waals surface area contributed by atoms with E-state index in [1.807, 2.05) is 31.3 Å². The molecular weight excluding hydrogens is 513 g/mol. The lowest BCUT2D eigenvalue weighted by Gasteiger charge is -2.32. The summed E-state index contributed by atoms with van der Waals surface area (Å²) in [4.78, 5) is 17.4. The maximum atomic E-state index is 12.8. The first-order valence-electron chi connectivity index (χ1n) is 12.7. The molecule has 1 aliphatic rings. The van der Waals surface area contributed by atoms with E-state index in [0.717, 1.165) is 43.9 Å². The predicted molar refractivity (Wildman–Crippen MR) is 140 cm³/mol. The second kappa shape index (κ2) is 11.6. The van der Waals surface area contributed by atoms with Gasteiger partial charge in [0.25, 0.3) is 5.91 Å². The molecule has 4 rings (SSSR count). The summed E-state index contributed by atoms with van der Waals surface area (Å²) in [6.07, 6.45) is -4.59. The fraction of sp³-hybridized carbons (Fsp3) is 0.444. The molecule has 1 amide bonds. The smallest absolute Gasteiger partial charge is 0.405 e. The molecule has 12 heteroatoms. The monoisotopic (exact) mass is 546 g/mol. The van der Waals surface area contributed by atoms with Crippen molar-refractivity contribution in [1.82, 2.24) is 29.9 Å². The second-order valence-corrected chi connectivity index (χ2v) is 9.99. The van der Waals surface area contributed by atoms with E-state index >= 15 is 0 Å². The fourth-order valence-corrected chi connectivity index (χ4v) is 4.52. The van der Waals surface area contributed by atoms with Crippen LogP contribution in [0.3, 0.4) is 0 Å². The van der Waals surface area contributed by atoms with Crippen molar-refractivity contribution in [3.05, 3.63) is 53.3 Å². The van der Waals surface area contributed by atoms with E-state index in [2.05, 4.69) is 27.0 Å². The van der Waals surface area contributed by atoms with Crippen LogP contribution in [0.2, 0.25) is 0 Å². The Kier molecular flexibility index (Phi) is 8.45. The third-order valence-corrected chi connectivity index (χ3v) is 6.72. The van der Waals surface area contributed by atoms with E-state index in [1.165, 1.54) is 17.7 Å². The summed E-state index contributed by atoms with van der Waals surface area (Å²) in [5, 5.41) is 20.8. The highest BCUT2D eigenvalue weighted by molar-refractivity contribution is 5.92. The maximum absolute atomic E-state index is 12.8. The Morgan fingerprint density at radius 2 is 1.77 bits per heavy atom. The number of halogens is 3. The number of phenolic OH excluding ortho intramolecular Hbond substituents is 1. The van der Waals surface area contributed by atoms with Gasteiger partial charge in [0.05, 0.1) is 12.7 Å². The minimum Gasteiger partial charge on any atom is -0.507 e. The summed E-state index contributed by atoms with van der Waals surface area (Å²) in [6, 6.07) is 10.5. The SMILES string of the molecule is COc1cc(O)c(-c2nnc(C(=O)NCC(F)(F)F)n2-c2ccc(CN3CCN(C)CC3)cc2)cc1C(C)C. The van der Waals surface area contributed by atoms with Gasteiger partial charge in [-0.15, -0.1) is 10.2 Å². The number of aromatic nitrogens is 3. The summed E-state index contributed by atoms with van der Waals surface area (Å²) in [6.45, 7) is 7.03. The van der Waals surface area contributed by atoms with Gasteiger partial charge in [-0.3, -0.25) is 14.3 Å². The minimum atomic E-state index is -4.59. The highest BCUT2D eigenvalue weighted by Gasteiger charge is 2.30. The summed E-state index contributed by atoms with van der Waals surface area (Å²) in [5.41, 5.74) is 2.57. The number of phenols is 1.